The maximum Gasteiger partial charge on any atom is 0.253 e. The van der Waals surface area contributed by atoms with Gasteiger partial charge in [-0.25, -0.2) is 4.39 Å². The van der Waals surface area contributed by atoms with Crippen molar-refractivity contribution in [2.24, 2.45) is 11.1 Å². The lowest BCUT2D eigenvalue weighted by Gasteiger charge is -2.42. The number of nitrogens with zero attached hydrogens (tertiary/aromatic N) is 1. The van der Waals surface area contributed by atoms with E-state index in [1.165, 1.54) is 17.7 Å². The Kier molecular flexibility index (Phi) is 6.52. The maximum atomic E-state index is 13.1. The van der Waals surface area contributed by atoms with E-state index in [4.69, 9.17) is 10.5 Å². The Labute approximate surface area is 170 Å². The fourth-order valence-corrected chi connectivity index (χ4v) is 3.90. The van der Waals surface area contributed by atoms with E-state index >= 15 is 0 Å². The first-order valence-corrected chi connectivity index (χ1v) is 9.96. The normalized spacial score (nSPS) is 19.0. The van der Waals surface area contributed by atoms with Crippen LogP contribution in [0.3, 0.4) is 0 Å². The first kappa shape index (κ1) is 20.8. The van der Waals surface area contributed by atoms with Crippen molar-refractivity contribution >= 4 is 11.8 Å². The summed E-state index contributed by atoms with van der Waals surface area (Å²) in [6.07, 6.45) is 2.54. The Morgan fingerprint density at radius 2 is 1.83 bits per heavy atom. The van der Waals surface area contributed by atoms with E-state index in [2.05, 4.69) is 6.92 Å². The number of piperidine rings is 1. The molecule has 1 aliphatic rings. The fourth-order valence-electron chi connectivity index (χ4n) is 3.90. The zero-order valence-corrected chi connectivity index (χ0v) is 16.7. The fraction of sp³-hybridized carbons (Fsp3) is 0.391. The standard InChI is InChI=1S/C23H27FN2O3/c1-2-17-4-6-18(7-5-17)22(28)26-13-3-12-23(15-26,14-21(25)27)16-29-20-10-8-19(24)9-11-20/h4-11H,2-3,12-16H2,1H3,(H2,25,27). The summed E-state index contributed by atoms with van der Waals surface area (Å²) in [7, 11) is 0. The summed E-state index contributed by atoms with van der Waals surface area (Å²) in [4.78, 5) is 26.6. The van der Waals surface area contributed by atoms with Crippen molar-refractivity contribution in [3.05, 3.63) is 65.5 Å². The number of hydrogen-bond acceptors (Lipinski definition) is 3. The monoisotopic (exact) mass is 398 g/mol. The minimum atomic E-state index is -0.558. The molecule has 154 valence electrons. The number of hydrogen-bond donors (Lipinski definition) is 1. The molecule has 3 rings (SSSR count). The van der Waals surface area contributed by atoms with Crippen LogP contribution in [0.25, 0.3) is 0 Å². The van der Waals surface area contributed by atoms with E-state index in [9.17, 15) is 14.0 Å². The van der Waals surface area contributed by atoms with Crippen molar-refractivity contribution in [1.82, 2.24) is 4.90 Å². The van der Waals surface area contributed by atoms with Crippen LogP contribution in [0.4, 0.5) is 4.39 Å². The van der Waals surface area contributed by atoms with Crippen LogP contribution < -0.4 is 10.5 Å². The average Bonchev–Trinajstić information content (AvgIpc) is 2.72. The van der Waals surface area contributed by atoms with Gasteiger partial charge in [0.2, 0.25) is 5.91 Å². The van der Waals surface area contributed by atoms with Crippen molar-refractivity contribution in [3.63, 3.8) is 0 Å². The lowest BCUT2D eigenvalue weighted by Crippen LogP contribution is -2.50. The van der Waals surface area contributed by atoms with Crippen LogP contribution in [0.2, 0.25) is 0 Å². The van der Waals surface area contributed by atoms with E-state index in [1.54, 1.807) is 17.0 Å². The molecule has 0 aromatic heterocycles. The molecule has 1 saturated heterocycles. The number of halogens is 1. The van der Waals surface area contributed by atoms with Crippen LogP contribution in [0, 0.1) is 11.2 Å². The number of ether oxygens (including phenoxy) is 1. The van der Waals surface area contributed by atoms with Crippen molar-refractivity contribution in [1.29, 1.82) is 0 Å². The van der Waals surface area contributed by atoms with Gasteiger partial charge in [0, 0.05) is 30.5 Å². The Hall–Kier alpha value is -2.89. The Balaban J connectivity index is 1.74. The van der Waals surface area contributed by atoms with Gasteiger partial charge in [0.25, 0.3) is 5.91 Å². The molecule has 1 unspecified atom stereocenters. The van der Waals surface area contributed by atoms with Gasteiger partial charge < -0.3 is 15.4 Å². The zero-order valence-electron chi connectivity index (χ0n) is 16.7. The molecule has 5 nitrogen and oxygen atoms in total. The number of carbonyl (C=O) groups excluding carboxylic acids is 2. The highest BCUT2D eigenvalue weighted by Gasteiger charge is 2.39. The highest BCUT2D eigenvalue weighted by Crippen LogP contribution is 2.35. The van der Waals surface area contributed by atoms with E-state index < -0.39 is 11.3 Å². The molecule has 0 spiro atoms. The lowest BCUT2D eigenvalue weighted by atomic mass is 9.77. The van der Waals surface area contributed by atoms with Gasteiger partial charge >= 0.3 is 0 Å². The summed E-state index contributed by atoms with van der Waals surface area (Å²) < 4.78 is 19.0. The van der Waals surface area contributed by atoms with Crippen LogP contribution in [-0.4, -0.2) is 36.4 Å². The number of likely N-dealkylation sites (tertiary alicyclic amines) is 1. The minimum absolute atomic E-state index is 0.0528. The van der Waals surface area contributed by atoms with Crippen LogP contribution in [0.5, 0.6) is 5.75 Å². The minimum Gasteiger partial charge on any atom is -0.493 e. The van der Waals surface area contributed by atoms with Crippen molar-refractivity contribution in [2.75, 3.05) is 19.7 Å². The second-order valence-electron chi connectivity index (χ2n) is 7.77. The predicted octanol–water partition coefficient (Wildman–Crippen LogP) is 3.56. The molecule has 1 aliphatic heterocycles. The molecule has 6 heteroatoms. The van der Waals surface area contributed by atoms with E-state index in [0.29, 0.717) is 24.4 Å². The van der Waals surface area contributed by atoms with Crippen LogP contribution in [0.15, 0.2) is 48.5 Å². The lowest BCUT2D eigenvalue weighted by molar-refractivity contribution is -0.122. The Morgan fingerprint density at radius 3 is 2.45 bits per heavy atom. The molecule has 29 heavy (non-hydrogen) atoms. The topological polar surface area (TPSA) is 72.6 Å². The number of nitrogens with two attached hydrogens (primary N) is 1. The number of benzene rings is 2. The molecular formula is C23H27FN2O3. The number of aryl methyl sites for hydroxylation is 1. The second kappa shape index (κ2) is 9.07. The van der Waals surface area contributed by atoms with Gasteiger partial charge in [-0.1, -0.05) is 19.1 Å². The van der Waals surface area contributed by atoms with Crippen LogP contribution in [0.1, 0.15) is 42.1 Å². The second-order valence-corrected chi connectivity index (χ2v) is 7.77. The number of primary amides is 1. The van der Waals surface area contributed by atoms with Gasteiger partial charge in [-0.15, -0.1) is 0 Å². The first-order valence-electron chi connectivity index (χ1n) is 9.96. The van der Waals surface area contributed by atoms with Crippen molar-refractivity contribution < 1.29 is 18.7 Å². The molecule has 0 bridgehead atoms. The van der Waals surface area contributed by atoms with E-state index in [-0.39, 0.29) is 24.8 Å². The maximum absolute atomic E-state index is 13.1. The summed E-state index contributed by atoms with van der Waals surface area (Å²) in [5.74, 6) is -0.293. The number of carbonyl (C=O) groups is 2. The highest BCUT2D eigenvalue weighted by molar-refractivity contribution is 5.94. The van der Waals surface area contributed by atoms with Gasteiger partial charge in [0.05, 0.1) is 6.61 Å². The zero-order chi connectivity index (χ0) is 20.9. The average molecular weight is 398 g/mol. The molecule has 0 saturated carbocycles. The third-order valence-electron chi connectivity index (χ3n) is 5.47. The molecule has 0 radical (unpaired) electrons. The number of rotatable bonds is 7. The largest absolute Gasteiger partial charge is 0.493 e. The van der Waals surface area contributed by atoms with Gasteiger partial charge in [-0.2, -0.15) is 0 Å². The summed E-state index contributed by atoms with van der Waals surface area (Å²) in [5, 5.41) is 0. The van der Waals surface area contributed by atoms with Gasteiger partial charge in [-0.05, 0) is 61.2 Å². The van der Waals surface area contributed by atoms with Crippen LogP contribution in [-0.2, 0) is 11.2 Å². The third kappa shape index (κ3) is 5.34. The van der Waals surface area contributed by atoms with Crippen LogP contribution >= 0.6 is 0 Å². The summed E-state index contributed by atoms with van der Waals surface area (Å²) in [5.41, 5.74) is 6.77. The molecule has 2 amide bonds. The first-order chi connectivity index (χ1) is 13.9. The van der Waals surface area contributed by atoms with Gasteiger partial charge in [-0.3, -0.25) is 9.59 Å². The van der Waals surface area contributed by atoms with Gasteiger partial charge in [0.15, 0.2) is 0 Å². The summed E-state index contributed by atoms with van der Waals surface area (Å²) >= 11 is 0. The molecule has 1 atom stereocenters. The highest BCUT2D eigenvalue weighted by atomic mass is 19.1. The van der Waals surface area contributed by atoms with E-state index in [1.807, 2.05) is 24.3 Å². The quantitative estimate of drug-likeness (QED) is 0.775. The SMILES string of the molecule is CCc1ccc(C(=O)N2CCCC(COc3ccc(F)cc3)(CC(N)=O)C2)cc1. The molecule has 2 aromatic rings. The molecule has 1 heterocycles. The molecular weight excluding hydrogens is 371 g/mol. The predicted molar refractivity (Wildman–Crippen MR) is 109 cm³/mol. The Bertz CT molecular complexity index is 851. The molecule has 2 N–H and O–H groups in total. The molecule has 1 fully saturated rings. The smallest absolute Gasteiger partial charge is 0.253 e. The summed E-state index contributed by atoms with van der Waals surface area (Å²) in [6.45, 7) is 3.33. The summed E-state index contributed by atoms with van der Waals surface area (Å²) in [6, 6.07) is 13.4. The van der Waals surface area contributed by atoms with E-state index in [0.717, 1.165) is 19.3 Å². The van der Waals surface area contributed by atoms with Crippen molar-refractivity contribution in [3.8, 4) is 5.75 Å². The number of amides is 2. The molecule has 2 aromatic carbocycles. The van der Waals surface area contributed by atoms with Gasteiger partial charge in [0.1, 0.15) is 11.6 Å². The van der Waals surface area contributed by atoms with Crippen molar-refractivity contribution in [2.45, 2.75) is 32.6 Å². The third-order valence-corrected chi connectivity index (χ3v) is 5.47. The molecule has 0 aliphatic carbocycles. The Morgan fingerprint density at radius 1 is 1.14 bits per heavy atom.